The Kier molecular flexibility index (Phi) is 7.01. The van der Waals surface area contributed by atoms with Gasteiger partial charge >= 0.3 is 11.8 Å². The molecule has 8 heteroatoms. The Balaban J connectivity index is 2.40. The number of hydrogen-bond donors (Lipinski definition) is 3. The molecule has 8 nitrogen and oxygen atoms in total. The van der Waals surface area contributed by atoms with Crippen molar-refractivity contribution < 1.29 is 24.2 Å². The van der Waals surface area contributed by atoms with Gasteiger partial charge in [0.1, 0.15) is 5.69 Å². The van der Waals surface area contributed by atoms with Gasteiger partial charge in [0.05, 0.1) is 26.9 Å². The van der Waals surface area contributed by atoms with Crippen LogP contribution in [-0.4, -0.2) is 55.4 Å². The summed E-state index contributed by atoms with van der Waals surface area (Å²) in [6, 6.07) is 3.18. The lowest BCUT2D eigenvalue weighted by molar-refractivity contribution is -0.136. The summed E-state index contributed by atoms with van der Waals surface area (Å²) in [7, 11) is 1.41. The summed E-state index contributed by atoms with van der Waals surface area (Å²) in [5.41, 5.74) is 0.312. The molecule has 110 valence electrons. The molecule has 0 aliphatic heterocycles. The maximum atomic E-state index is 11.6. The van der Waals surface area contributed by atoms with E-state index in [1.54, 1.807) is 12.1 Å². The number of aliphatic hydroxyl groups excluding tert-OH is 1. The van der Waals surface area contributed by atoms with E-state index in [1.165, 1.54) is 13.3 Å². The number of amides is 2. The van der Waals surface area contributed by atoms with Crippen LogP contribution in [0.5, 0.6) is 5.88 Å². The van der Waals surface area contributed by atoms with Crippen LogP contribution >= 0.6 is 0 Å². The minimum atomic E-state index is -0.821. The predicted molar refractivity (Wildman–Crippen MR) is 70.3 cm³/mol. The number of carbonyl (C=O) groups excluding carboxylic acids is 2. The fourth-order valence-corrected chi connectivity index (χ4v) is 1.31. The van der Waals surface area contributed by atoms with Gasteiger partial charge < -0.3 is 25.2 Å². The normalized spacial score (nSPS) is 9.90. The van der Waals surface area contributed by atoms with Crippen molar-refractivity contribution in [3.8, 4) is 5.88 Å². The van der Waals surface area contributed by atoms with Crippen molar-refractivity contribution in [2.24, 2.45) is 0 Å². The van der Waals surface area contributed by atoms with E-state index in [0.717, 1.165) is 0 Å². The predicted octanol–water partition coefficient (Wildman–Crippen LogP) is -0.846. The number of pyridine rings is 1. The van der Waals surface area contributed by atoms with Crippen LogP contribution in [0, 0.1) is 0 Å². The number of hydrogen-bond acceptors (Lipinski definition) is 6. The lowest BCUT2D eigenvalue weighted by atomic mass is 10.4. The molecule has 0 saturated carbocycles. The number of carbonyl (C=O) groups is 2. The van der Waals surface area contributed by atoms with E-state index in [1.807, 2.05) is 0 Å². The second-order valence-corrected chi connectivity index (χ2v) is 3.61. The Morgan fingerprint density at radius 1 is 1.35 bits per heavy atom. The summed E-state index contributed by atoms with van der Waals surface area (Å²) in [4.78, 5) is 27.0. The van der Waals surface area contributed by atoms with Gasteiger partial charge in [0.25, 0.3) is 0 Å². The summed E-state index contributed by atoms with van der Waals surface area (Å²) < 4.78 is 9.89. The molecule has 0 bridgehead atoms. The SMILES string of the molecule is COc1ncccc1NC(=O)C(=O)NCCOCCO. The molecule has 1 rings (SSSR count). The van der Waals surface area contributed by atoms with Gasteiger partial charge in [-0.25, -0.2) is 4.98 Å². The van der Waals surface area contributed by atoms with Crippen LogP contribution in [0.15, 0.2) is 18.3 Å². The highest BCUT2D eigenvalue weighted by molar-refractivity contribution is 6.39. The van der Waals surface area contributed by atoms with Crippen molar-refractivity contribution in [3.63, 3.8) is 0 Å². The Hall–Kier alpha value is -2.19. The fraction of sp³-hybridized carbons (Fsp3) is 0.417. The van der Waals surface area contributed by atoms with Gasteiger partial charge in [-0.2, -0.15) is 0 Å². The van der Waals surface area contributed by atoms with Crippen LogP contribution in [0.2, 0.25) is 0 Å². The van der Waals surface area contributed by atoms with Crippen LogP contribution in [-0.2, 0) is 14.3 Å². The highest BCUT2D eigenvalue weighted by Crippen LogP contribution is 2.19. The first-order valence-corrected chi connectivity index (χ1v) is 5.95. The number of aliphatic hydroxyl groups is 1. The quantitative estimate of drug-likeness (QED) is 0.444. The Bertz CT molecular complexity index is 452. The molecular weight excluding hydrogens is 266 g/mol. The molecule has 0 atom stereocenters. The zero-order valence-corrected chi connectivity index (χ0v) is 11.1. The van der Waals surface area contributed by atoms with Gasteiger partial charge in [0.15, 0.2) is 0 Å². The monoisotopic (exact) mass is 283 g/mol. The van der Waals surface area contributed by atoms with Crippen LogP contribution < -0.4 is 15.4 Å². The molecule has 0 radical (unpaired) electrons. The van der Waals surface area contributed by atoms with Gasteiger partial charge in [-0.3, -0.25) is 9.59 Å². The molecule has 3 N–H and O–H groups in total. The lowest BCUT2D eigenvalue weighted by Crippen LogP contribution is -2.37. The number of nitrogens with zero attached hydrogens (tertiary/aromatic N) is 1. The van der Waals surface area contributed by atoms with Gasteiger partial charge in [0.2, 0.25) is 5.88 Å². The Morgan fingerprint density at radius 3 is 2.85 bits per heavy atom. The van der Waals surface area contributed by atoms with Crippen molar-refractivity contribution in [2.45, 2.75) is 0 Å². The Morgan fingerprint density at radius 2 is 2.15 bits per heavy atom. The molecule has 0 aromatic carbocycles. The van der Waals surface area contributed by atoms with Gasteiger partial charge in [-0.15, -0.1) is 0 Å². The smallest absolute Gasteiger partial charge is 0.313 e. The summed E-state index contributed by atoms with van der Waals surface area (Å²) in [5, 5.41) is 13.3. The van der Waals surface area contributed by atoms with E-state index in [-0.39, 0.29) is 32.2 Å². The topological polar surface area (TPSA) is 110 Å². The number of methoxy groups -OCH3 is 1. The first-order valence-electron chi connectivity index (χ1n) is 5.95. The van der Waals surface area contributed by atoms with E-state index >= 15 is 0 Å². The highest BCUT2D eigenvalue weighted by atomic mass is 16.5. The molecule has 0 aliphatic rings. The van der Waals surface area contributed by atoms with Crippen molar-refractivity contribution in [1.82, 2.24) is 10.3 Å². The standard InChI is InChI=1S/C12H17N3O5/c1-19-12-9(3-2-4-14-12)15-11(18)10(17)13-5-7-20-8-6-16/h2-4,16H,5-8H2,1H3,(H,13,17)(H,15,18). The third-order valence-electron chi connectivity index (χ3n) is 2.19. The number of rotatable bonds is 7. The number of aromatic nitrogens is 1. The van der Waals surface area contributed by atoms with Crippen molar-refractivity contribution in [2.75, 3.05) is 38.8 Å². The third kappa shape index (κ3) is 5.21. The molecule has 1 heterocycles. The fourth-order valence-electron chi connectivity index (χ4n) is 1.31. The zero-order valence-electron chi connectivity index (χ0n) is 11.1. The number of anilines is 1. The highest BCUT2D eigenvalue weighted by Gasteiger charge is 2.15. The molecular formula is C12H17N3O5. The van der Waals surface area contributed by atoms with Crippen LogP contribution in [0.1, 0.15) is 0 Å². The van der Waals surface area contributed by atoms with E-state index in [4.69, 9.17) is 14.6 Å². The number of nitrogens with one attached hydrogen (secondary N) is 2. The molecule has 0 unspecified atom stereocenters. The van der Waals surface area contributed by atoms with Gasteiger partial charge in [-0.05, 0) is 12.1 Å². The van der Waals surface area contributed by atoms with E-state index in [2.05, 4.69) is 15.6 Å². The summed E-state index contributed by atoms with van der Waals surface area (Å²) in [6.07, 6.45) is 1.51. The van der Waals surface area contributed by atoms with Crippen molar-refractivity contribution in [1.29, 1.82) is 0 Å². The molecule has 0 fully saturated rings. The molecule has 0 saturated heterocycles. The van der Waals surface area contributed by atoms with E-state index < -0.39 is 11.8 Å². The first-order chi connectivity index (χ1) is 9.69. The van der Waals surface area contributed by atoms with Gasteiger partial charge in [-0.1, -0.05) is 0 Å². The Labute approximate surface area is 116 Å². The largest absolute Gasteiger partial charge is 0.480 e. The van der Waals surface area contributed by atoms with Crippen LogP contribution in [0.4, 0.5) is 5.69 Å². The molecule has 0 spiro atoms. The average Bonchev–Trinajstić information content (AvgIpc) is 2.47. The molecule has 20 heavy (non-hydrogen) atoms. The van der Waals surface area contributed by atoms with Crippen molar-refractivity contribution >= 4 is 17.5 Å². The zero-order chi connectivity index (χ0) is 14.8. The average molecular weight is 283 g/mol. The second kappa shape index (κ2) is 8.83. The van der Waals surface area contributed by atoms with E-state index in [0.29, 0.717) is 5.69 Å². The molecule has 0 aliphatic carbocycles. The van der Waals surface area contributed by atoms with Crippen LogP contribution in [0.3, 0.4) is 0 Å². The first kappa shape index (κ1) is 15.9. The minimum absolute atomic E-state index is 0.0881. The van der Waals surface area contributed by atoms with E-state index in [9.17, 15) is 9.59 Å². The minimum Gasteiger partial charge on any atom is -0.480 e. The summed E-state index contributed by atoms with van der Waals surface area (Å²) >= 11 is 0. The molecule has 2 amide bonds. The molecule has 1 aromatic heterocycles. The molecule has 1 aromatic rings. The lowest BCUT2D eigenvalue weighted by Gasteiger charge is -2.09. The summed E-state index contributed by atoms with van der Waals surface area (Å²) in [6.45, 7) is 0.496. The third-order valence-corrected chi connectivity index (χ3v) is 2.19. The van der Waals surface area contributed by atoms with Crippen molar-refractivity contribution in [3.05, 3.63) is 18.3 Å². The number of ether oxygens (including phenoxy) is 2. The maximum Gasteiger partial charge on any atom is 0.313 e. The summed E-state index contributed by atoms with van der Waals surface area (Å²) in [5.74, 6) is -1.39. The van der Waals surface area contributed by atoms with Crippen LogP contribution in [0.25, 0.3) is 0 Å². The second-order valence-electron chi connectivity index (χ2n) is 3.61. The maximum absolute atomic E-state index is 11.6. The van der Waals surface area contributed by atoms with Gasteiger partial charge in [0, 0.05) is 12.7 Å².